The van der Waals surface area contributed by atoms with Gasteiger partial charge < -0.3 is 5.32 Å². The number of hydrogen-bond acceptors (Lipinski definition) is 3. The number of rotatable bonds is 5. The van der Waals surface area contributed by atoms with E-state index in [0.29, 0.717) is 18.2 Å². The SMILES string of the molecule is CCn1nc(C(F)(F)F)c(C)c1CC(=Nc1cccc(C(F)(F)F)c1)NC(=O)c1ccc(F)c(F)c1. The van der Waals surface area contributed by atoms with Crippen LogP contribution in [0.2, 0.25) is 0 Å². The molecule has 1 N–H and O–H groups in total. The molecule has 1 heterocycles. The number of aromatic nitrogens is 2. The first-order valence-corrected chi connectivity index (χ1v) is 10.4. The van der Waals surface area contributed by atoms with Gasteiger partial charge in [-0.2, -0.15) is 31.4 Å². The van der Waals surface area contributed by atoms with Crippen molar-refractivity contribution in [2.24, 2.45) is 4.99 Å². The van der Waals surface area contributed by atoms with Crippen molar-refractivity contribution in [2.75, 3.05) is 0 Å². The highest BCUT2D eigenvalue weighted by molar-refractivity contribution is 6.07. The first kappa shape index (κ1) is 26.8. The fraction of sp³-hybridized carbons (Fsp3) is 0.261. The number of amides is 1. The number of halogens is 8. The van der Waals surface area contributed by atoms with E-state index in [2.05, 4.69) is 15.4 Å². The summed E-state index contributed by atoms with van der Waals surface area (Å²) < 4.78 is 107. The number of amidine groups is 1. The summed E-state index contributed by atoms with van der Waals surface area (Å²) in [5.74, 6) is -3.88. The van der Waals surface area contributed by atoms with E-state index in [9.17, 15) is 39.9 Å². The Morgan fingerprint density at radius 1 is 1.00 bits per heavy atom. The molecule has 0 aliphatic rings. The number of aliphatic imine (C=N–C) groups is 1. The first-order chi connectivity index (χ1) is 16.7. The lowest BCUT2D eigenvalue weighted by Gasteiger charge is -2.13. The lowest BCUT2D eigenvalue weighted by atomic mass is 10.1. The highest BCUT2D eigenvalue weighted by Crippen LogP contribution is 2.33. The molecule has 2 aromatic carbocycles. The van der Waals surface area contributed by atoms with Gasteiger partial charge in [0.05, 0.1) is 11.3 Å². The molecular weight excluding hydrogens is 500 g/mol. The molecule has 0 fully saturated rings. The maximum absolute atomic E-state index is 13.6. The van der Waals surface area contributed by atoms with Crippen molar-refractivity contribution < 1.29 is 39.9 Å². The van der Waals surface area contributed by atoms with Gasteiger partial charge in [0, 0.05) is 29.8 Å². The van der Waals surface area contributed by atoms with Crippen LogP contribution in [0.4, 0.5) is 40.8 Å². The van der Waals surface area contributed by atoms with Gasteiger partial charge in [-0.25, -0.2) is 13.8 Å². The monoisotopic (exact) mass is 518 g/mol. The number of nitrogens with zero attached hydrogens (tertiary/aromatic N) is 3. The maximum atomic E-state index is 13.6. The normalized spacial score (nSPS) is 12.7. The molecule has 0 bridgehead atoms. The van der Waals surface area contributed by atoms with Crippen LogP contribution in [-0.4, -0.2) is 21.5 Å². The molecule has 0 radical (unpaired) electrons. The van der Waals surface area contributed by atoms with Gasteiger partial charge in [-0.05, 0) is 50.2 Å². The predicted octanol–water partition coefficient (Wildman–Crippen LogP) is 6.23. The Labute approximate surface area is 199 Å². The Morgan fingerprint density at radius 2 is 1.69 bits per heavy atom. The van der Waals surface area contributed by atoms with Crippen LogP contribution in [0.1, 0.15) is 39.8 Å². The van der Waals surface area contributed by atoms with Gasteiger partial charge in [0.2, 0.25) is 0 Å². The molecule has 1 amide bonds. The van der Waals surface area contributed by atoms with Gasteiger partial charge in [-0.15, -0.1) is 0 Å². The molecule has 0 unspecified atom stereocenters. The molecule has 0 saturated heterocycles. The average Bonchev–Trinajstić information content (AvgIpc) is 3.10. The number of alkyl halides is 6. The van der Waals surface area contributed by atoms with Crippen molar-refractivity contribution in [3.8, 4) is 0 Å². The summed E-state index contributed by atoms with van der Waals surface area (Å²) in [5.41, 5.74) is -3.05. The fourth-order valence-corrected chi connectivity index (χ4v) is 3.36. The molecule has 0 saturated carbocycles. The number of carbonyl (C=O) groups is 1. The Bertz CT molecular complexity index is 1310. The molecule has 13 heteroatoms. The van der Waals surface area contributed by atoms with E-state index in [1.807, 2.05) is 0 Å². The van der Waals surface area contributed by atoms with E-state index in [1.165, 1.54) is 13.0 Å². The maximum Gasteiger partial charge on any atom is 0.435 e. The molecule has 0 atom stereocenters. The molecule has 5 nitrogen and oxygen atoms in total. The van der Waals surface area contributed by atoms with Gasteiger partial charge in [0.25, 0.3) is 5.91 Å². The first-order valence-electron chi connectivity index (χ1n) is 10.4. The molecule has 192 valence electrons. The van der Waals surface area contributed by atoms with Gasteiger partial charge >= 0.3 is 12.4 Å². The van der Waals surface area contributed by atoms with Gasteiger partial charge in [-0.1, -0.05) is 6.07 Å². The van der Waals surface area contributed by atoms with Crippen LogP contribution in [0.25, 0.3) is 0 Å². The molecule has 36 heavy (non-hydrogen) atoms. The molecule has 0 aliphatic carbocycles. The van der Waals surface area contributed by atoms with Crippen LogP contribution in [0.3, 0.4) is 0 Å². The largest absolute Gasteiger partial charge is 0.435 e. The van der Waals surface area contributed by atoms with E-state index < -0.39 is 47.6 Å². The Balaban J connectivity index is 2.07. The van der Waals surface area contributed by atoms with E-state index in [4.69, 9.17) is 0 Å². The molecule has 3 rings (SSSR count). The Kier molecular flexibility index (Phi) is 7.51. The fourth-order valence-electron chi connectivity index (χ4n) is 3.36. The molecule has 0 aliphatic heterocycles. The van der Waals surface area contributed by atoms with Crippen LogP contribution in [0.15, 0.2) is 47.5 Å². The minimum absolute atomic E-state index is 0.00105. The topological polar surface area (TPSA) is 59.3 Å². The Morgan fingerprint density at radius 3 is 2.28 bits per heavy atom. The minimum Gasteiger partial charge on any atom is -0.310 e. The summed E-state index contributed by atoms with van der Waals surface area (Å²) in [6.07, 6.45) is -9.93. The van der Waals surface area contributed by atoms with Gasteiger partial charge in [-0.3, -0.25) is 9.48 Å². The van der Waals surface area contributed by atoms with E-state index in [1.54, 1.807) is 0 Å². The van der Waals surface area contributed by atoms with Crippen molar-refractivity contribution in [2.45, 2.75) is 39.2 Å². The van der Waals surface area contributed by atoms with Gasteiger partial charge in [0.1, 0.15) is 5.84 Å². The van der Waals surface area contributed by atoms with Crippen LogP contribution < -0.4 is 5.32 Å². The lowest BCUT2D eigenvalue weighted by molar-refractivity contribution is -0.142. The third-order valence-electron chi connectivity index (χ3n) is 5.10. The summed E-state index contributed by atoms with van der Waals surface area (Å²) in [6, 6.07) is 6.00. The highest BCUT2D eigenvalue weighted by Gasteiger charge is 2.38. The molecular formula is C23H18F8N4O. The average molecular weight is 518 g/mol. The number of carbonyl (C=O) groups excluding carboxylic acids is 1. The zero-order chi connectivity index (χ0) is 26.8. The second-order valence-corrected chi connectivity index (χ2v) is 7.60. The second-order valence-electron chi connectivity index (χ2n) is 7.60. The van der Waals surface area contributed by atoms with Crippen LogP contribution in [-0.2, 0) is 25.3 Å². The number of benzene rings is 2. The molecule has 3 aromatic rings. The predicted molar refractivity (Wildman–Crippen MR) is 114 cm³/mol. The van der Waals surface area contributed by atoms with E-state index >= 15 is 0 Å². The second kappa shape index (κ2) is 10.1. The van der Waals surface area contributed by atoms with Crippen molar-refractivity contribution in [3.63, 3.8) is 0 Å². The van der Waals surface area contributed by atoms with E-state index in [0.717, 1.165) is 29.8 Å². The van der Waals surface area contributed by atoms with Gasteiger partial charge in [0.15, 0.2) is 17.3 Å². The third-order valence-corrected chi connectivity index (χ3v) is 5.10. The smallest absolute Gasteiger partial charge is 0.310 e. The number of hydrogen-bond donors (Lipinski definition) is 1. The lowest BCUT2D eigenvalue weighted by Crippen LogP contribution is -2.33. The van der Waals surface area contributed by atoms with Crippen LogP contribution in [0, 0.1) is 18.6 Å². The Hall–Kier alpha value is -3.77. The minimum atomic E-state index is -4.77. The van der Waals surface area contributed by atoms with E-state index in [-0.39, 0.29) is 34.9 Å². The zero-order valence-corrected chi connectivity index (χ0v) is 18.7. The van der Waals surface area contributed by atoms with Crippen molar-refractivity contribution in [3.05, 3.63) is 82.2 Å². The summed E-state index contributed by atoms with van der Waals surface area (Å²) in [4.78, 5) is 16.7. The van der Waals surface area contributed by atoms with Crippen molar-refractivity contribution in [1.29, 1.82) is 0 Å². The van der Waals surface area contributed by atoms with Crippen molar-refractivity contribution >= 4 is 17.4 Å². The third kappa shape index (κ3) is 6.07. The molecule has 1 aromatic heterocycles. The molecule has 0 spiro atoms. The summed E-state index contributed by atoms with van der Waals surface area (Å²) >= 11 is 0. The van der Waals surface area contributed by atoms with Crippen LogP contribution in [0.5, 0.6) is 0 Å². The van der Waals surface area contributed by atoms with Crippen LogP contribution >= 0.6 is 0 Å². The number of aryl methyl sites for hydroxylation is 1. The highest BCUT2D eigenvalue weighted by atomic mass is 19.4. The summed E-state index contributed by atoms with van der Waals surface area (Å²) in [5, 5.41) is 5.83. The summed E-state index contributed by atoms with van der Waals surface area (Å²) in [6.45, 7) is 2.70. The standard InChI is InChI=1S/C23H18F8N4O/c1-3-35-18(12(2)20(34-35)23(29,30)31)11-19(32-15-6-4-5-14(10-15)22(26,27)28)33-21(36)13-7-8-16(24)17(25)9-13/h4-10H,3,11H2,1-2H3,(H,32,33,36). The van der Waals surface area contributed by atoms with Crippen molar-refractivity contribution in [1.82, 2.24) is 15.1 Å². The zero-order valence-electron chi connectivity index (χ0n) is 18.7. The summed E-state index contributed by atoms with van der Waals surface area (Å²) in [7, 11) is 0. The number of nitrogens with one attached hydrogen (secondary N) is 1. The quantitative estimate of drug-likeness (QED) is 0.247.